The first-order valence-corrected chi connectivity index (χ1v) is 6.63. The second kappa shape index (κ2) is 6.73. The standard InChI is InChI=1S/C15H20N4/c1-3-6-17-13-8-14(10-16-9-13)19-11-15-12(2)5-4-7-18-15/h4-5,7-10,17,19H,3,6,11H2,1-2H3. The van der Waals surface area contributed by atoms with E-state index in [4.69, 9.17) is 0 Å². The van der Waals surface area contributed by atoms with E-state index in [1.165, 1.54) is 5.56 Å². The molecule has 2 aromatic rings. The van der Waals surface area contributed by atoms with Crippen molar-refractivity contribution < 1.29 is 0 Å². The summed E-state index contributed by atoms with van der Waals surface area (Å²) in [5.74, 6) is 0. The Morgan fingerprint density at radius 1 is 1.16 bits per heavy atom. The molecular weight excluding hydrogens is 236 g/mol. The van der Waals surface area contributed by atoms with E-state index in [2.05, 4.69) is 46.6 Å². The highest BCUT2D eigenvalue weighted by Gasteiger charge is 2.00. The van der Waals surface area contributed by atoms with Gasteiger partial charge in [0.05, 0.1) is 36.0 Å². The molecule has 100 valence electrons. The molecule has 0 aliphatic carbocycles. The highest BCUT2D eigenvalue weighted by molar-refractivity contribution is 5.54. The maximum absolute atomic E-state index is 4.37. The smallest absolute Gasteiger partial charge is 0.0623 e. The molecule has 0 spiro atoms. The van der Waals surface area contributed by atoms with Gasteiger partial charge in [-0.2, -0.15) is 0 Å². The summed E-state index contributed by atoms with van der Waals surface area (Å²) in [5, 5.41) is 6.68. The normalized spacial score (nSPS) is 10.2. The molecule has 0 fully saturated rings. The fraction of sp³-hybridized carbons (Fsp3) is 0.333. The van der Waals surface area contributed by atoms with Crippen LogP contribution in [0.25, 0.3) is 0 Å². The summed E-state index contributed by atoms with van der Waals surface area (Å²) in [6, 6.07) is 6.10. The lowest BCUT2D eigenvalue weighted by Crippen LogP contribution is -2.05. The third-order valence-corrected chi connectivity index (χ3v) is 2.90. The SMILES string of the molecule is CCCNc1cncc(NCc2ncccc2C)c1. The predicted octanol–water partition coefficient (Wildman–Crippen LogP) is 3.22. The van der Waals surface area contributed by atoms with Gasteiger partial charge in [-0.1, -0.05) is 13.0 Å². The number of hydrogen-bond acceptors (Lipinski definition) is 4. The minimum Gasteiger partial charge on any atom is -0.384 e. The maximum Gasteiger partial charge on any atom is 0.0623 e. The summed E-state index contributed by atoms with van der Waals surface area (Å²) in [6.07, 6.45) is 6.59. The van der Waals surface area contributed by atoms with Crippen molar-refractivity contribution in [2.24, 2.45) is 0 Å². The van der Waals surface area contributed by atoms with Crippen molar-refractivity contribution >= 4 is 11.4 Å². The van der Waals surface area contributed by atoms with Crippen LogP contribution in [-0.4, -0.2) is 16.5 Å². The van der Waals surface area contributed by atoms with Crippen LogP contribution in [0.1, 0.15) is 24.6 Å². The van der Waals surface area contributed by atoms with Gasteiger partial charge in [0.25, 0.3) is 0 Å². The largest absolute Gasteiger partial charge is 0.384 e. The number of aryl methyl sites for hydroxylation is 1. The molecule has 0 unspecified atom stereocenters. The van der Waals surface area contributed by atoms with E-state index in [1.54, 1.807) is 0 Å². The van der Waals surface area contributed by atoms with Crippen molar-refractivity contribution in [3.8, 4) is 0 Å². The number of nitrogens with one attached hydrogen (secondary N) is 2. The Bertz CT molecular complexity index is 525. The first kappa shape index (κ1) is 13.3. The van der Waals surface area contributed by atoms with E-state index >= 15 is 0 Å². The Morgan fingerprint density at radius 2 is 1.95 bits per heavy atom. The summed E-state index contributed by atoms with van der Waals surface area (Å²) in [6.45, 7) is 5.89. The summed E-state index contributed by atoms with van der Waals surface area (Å²) < 4.78 is 0. The molecule has 0 radical (unpaired) electrons. The Balaban J connectivity index is 1.98. The lowest BCUT2D eigenvalue weighted by atomic mass is 10.2. The molecule has 0 amide bonds. The van der Waals surface area contributed by atoms with E-state index in [9.17, 15) is 0 Å². The van der Waals surface area contributed by atoms with Gasteiger partial charge in [-0.15, -0.1) is 0 Å². The lowest BCUT2D eigenvalue weighted by molar-refractivity contribution is 0.976. The van der Waals surface area contributed by atoms with Gasteiger partial charge < -0.3 is 10.6 Å². The van der Waals surface area contributed by atoms with Crippen molar-refractivity contribution in [2.45, 2.75) is 26.8 Å². The molecule has 19 heavy (non-hydrogen) atoms. The summed E-state index contributed by atoms with van der Waals surface area (Å²) in [5.41, 5.74) is 4.31. The molecule has 4 heteroatoms. The van der Waals surface area contributed by atoms with Gasteiger partial charge in [0.2, 0.25) is 0 Å². The van der Waals surface area contributed by atoms with Crippen LogP contribution in [0.4, 0.5) is 11.4 Å². The zero-order chi connectivity index (χ0) is 13.5. The second-order valence-electron chi connectivity index (χ2n) is 4.51. The molecule has 0 saturated carbocycles. The molecule has 2 aromatic heterocycles. The second-order valence-corrected chi connectivity index (χ2v) is 4.51. The van der Waals surface area contributed by atoms with Gasteiger partial charge in [0.15, 0.2) is 0 Å². The Labute approximate surface area is 114 Å². The third-order valence-electron chi connectivity index (χ3n) is 2.90. The zero-order valence-electron chi connectivity index (χ0n) is 11.5. The molecule has 2 rings (SSSR count). The van der Waals surface area contributed by atoms with Crippen LogP contribution in [-0.2, 0) is 6.54 Å². The van der Waals surface area contributed by atoms with Gasteiger partial charge in [0.1, 0.15) is 0 Å². The topological polar surface area (TPSA) is 49.8 Å². The maximum atomic E-state index is 4.37. The van der Waals surface area contributed by atoms with E-state index in [0.29, 0.717) is 6.54 Å². The van der Waals surface area contributed by atoms with Crippen LogP contribution in [0.2, 0.25) is 0 Å². The number of nitrogens with zero attached hydrogens (tertiary/aromatic N) is 2. The number of aromatic nitrogens is 2. The van der Waals surface area contributed by atoms with Crippen LogP contribution >= 0.6 is 0 Å². The van der Waals surface area contributed by atoms with Crippen molar-refractivity contribution in [3.63, 3.8) is 0 Å². The fourth-order valence-electron chi connectivity index (χ4n) is 1.79. The minimum absolute atomic E-state index is 0.714. The highest BCUT2D eigenvalue weighted by Crippen LogP contribution is 2.14. The van der Waals surface area contributed by atoms with Crippen LogP contribution in [0.15, 0.2) is 36.8 Å². The molecule has 0 aliphatic heterocycles. The molecule has 0 aliphatic rings. The molecule has 2 heterocycles. The van der Waals surface area contributed by atoms with Crippen molar-refractivity contribution in [3.05, 3.63) is 48.0 Å². The predicted molar refractivity (Wildman–Crippen MR) is 79.3 cm³/mol. The van der Waals surface area contributed by atoms with Crippen LogP contribution in [0.5, 0.6) is 0 Å². The molecule has 0 saturated heterocycles. The van der Waals surface area contributed by atoms with E-state index in [-0.39, 0.29) is 0 Å². The summed E-state index contributed by atoms with van der Waals surface area (Å²) in [7, 11) is 0. The van der Waals surface area contributed by atoms with Crippen LogP contribution in [0.3, 0.4) is 0 Å². The quantitative estimate of drug-likeness (QED) is 0.833. The fourth-order valence-corrected chi connectivity index (χ4v) is 1.79. The molecular formula is C15H20N4. The Kier molecular flexibility index (Phi) is 4.72. The Morgan fingerprint density at radius 3 is 2.68 bits per heavy atom. The summed E-state index contributed by atoms with van der Waals surface area (Å²) >= 11 is 0. The monoisotopic (exact) mass is 256 g/mol. The van der Waals surface area contributed by atoms with E-state index in [0.717, 1.165) is 30.0 Å². The van der Waals surface area contributed by atoms with Crippen molar-refractivity contribution in [2.75, 3.05) is 17.2 Å². The Hall–Kier alpha value is -2.10. The average molecular weight is 256 g/mol. The van der Waals surface area contributed by atoms with Gasteiger partial charge in [-0.25, -0.2) is 0 Å². The van der Waals surface area contributed by atoms with Crippen LogP contribution < -0.4 is 10.6 Å². The lowest BCUT2D eigenvalue weighted by Gasteiger charge is -2.10. The number of rotatable bonds is 6. The van der Waals surface area contributed by atoms with Gasteiger partial charge in [-0.05, 0) is 31.0 Å². The molecule has 0 bridgehead atoms. The third kappa shape index (κ3) is 3.95. The van der Waals surface area contributed by atoms with Crippen molar-refractivity contribution in [1.29, 1.82) is 0 Å². The van der Waals surface area contributed by atoms with E-state index in [1.807, 2.05) is 24.7 Å². The van der Waals surface area contributed by atoms with Gasteiger partial charge >= 0.3 is 0 Å². The average Bonchev–Trinajstić information content (AvgIpc) is 2.45. The first-order chi connectivity index (χ1) is 9.29. The minimum atomic E-state index is 0.714. The van der Waals surface area contributed by atoms with Crippen LogP contribution in [0, 0.1) is 6.92 Å². The molecule has 0 aromatic carbocycles. The number of anilines is 2. The zero-order valence-corrected chi connectivity index (χ0v) is 11.5. The summed E-state index contributed by atoms with van der Waals surface area (Å²) in [4.78, 5) is 8.59. The van der Waals surface area contributed by atoms with Gasteiger partial charge in [-0.3, -0.25) is 9.97 Å². The number of pyridine rings is 2. The first-order valence-electron chi connectivity index (χ1n) is 6.63. The van der Waals surface area contributed by atoms with E-state index < -0.39 is 0 Å². The molecule has 2 N–H and O–H groups in total. The van der Waals surface area contributed by atoms with Crippen molar-refractivity contribution in [1.82, 2.24) is 9.97 Å². The van der Waals surface area contributed by atoms with Gasteiger partial charge in [0, 0.05) is 12.7 Å². The molecule has 0 atom stereocenters. The molecule has 4 nitrogen and oxygen atoms in total. The number of hydrogen-bond donors (Lipinski definition) is 2. The highest BCUT2D eigenvalue weighted by atomic mass is 14.9.